The Labute approximate surface area is 119 Å². The minimum Gasteiger partial charge on any atom is -0.398 e. The molecule has 1 aliphatic rings. The highest BCUT2D eigenvalue weighted by molar-refractivity contribution is 5.99. The predicted octanol–water partition coefficient (Wildman–Crippen LogP) is 3.50. The number of anilines is 1. The number of nitrogens with two attached hydrogens (primary N) is 1. The largest absolute Gasteiger partial charge is 0.398 e. The maximum absolute atomic E-state index is 13.2. The molecule has 4 heteroatoms. The van der Waals surface area contributed by atoms with Gasteiger partial charge in [-0.05, 0) is 43.9 Å². The van der Waals surface area contributed by atoms with E-state index in [0.29, 0.717) is 11.6 Å². The molecule has 3 N–H and O–H groups in total. The third-order valence-corrected chi connectivity index (χ3v) is 4.23. The van der Waals surface area contributed by atoms with Crippen molar-refractivity contribution in [3.63, 3.8) is 0 Å². The minimum absolute atomic E-state index is 0.100. The van der Waals surface area contributed by atoms with Crippen LogP contribution in [0.1, 0.15) is 55.8 Å². The number of carbonyl (C=O) groups excluding carboxylic acids is 1. The van der Waals surface area contributed by atoms with Crippen LogP contribution in [0.3, 0.4) is 0 Å². The quantitative estimate of drug-likeness (QED) is 0.657. The lowest BCUT2D eigenvalue weighted by Crippen LogP contribution is -2.38. The van der Waals surface area contributed by atoms with E-state index in [-0.39, 0.29) is 17.5 Å². The monoisotopic (exact) mass is 278 g/mol. The lowest BCUT2D eigenvalue weighted by atomic mass is 9.93. The van der Waals surface area contributed by atoms with Gasteiger partial charge in [-0.15, -0.1) is 0 Å². The predicted molar refractivity (Wildman–Crippen MR) is 78.9 cm³/mol. The maximum atomic E-state index is 13.2. The summed E-state index contributed by atoms with van der Waals surface area (Å²) in [6.45, 7) is 2.03. The second-order valence-corrected chi connectivity index (χ2v) is 5.75. The van der Waals surface area contributed by atoms with Gasteiger partial charge < -0.3 is 11.1 Å². The van der Waals surface area contributed by atoms with Crippen molar-refractivity contribution in [1.82, 2.24) is 5.32 Å². The van der Waals surface area contributed by atoms with E-state index in [2.05, 4.69) is 5.32 Å². The van der Waals surface area contributed by atoms with E-state index in [1.54, 1.807) is 0 Å². The van der Waals surface area contributed by atoms with Crippen LogP contribution in [-0.2, 0) is 0 Å². The van der Waals surface area contributed by atoms with E-state index >= 15 is 0 Å². The van der Waals surface area contributed by atoms with Crippen molar-refractivity contribution in [2.24, 2.45) is 5.92 Å². The Balaban J connectivity index is 2.01. The van der Waals surface area contributed by atoms with Crippen LogP contribution in [0.15, 0.2) is 18.2 Å². The van der Waals surface area contributed by atoms with Crippen molar-refractivity contribution in [2.45, 2.75) is 51.5 Å². The molecule has 0 radical (unpaired) electrons. The molecule has 0 unspecified atom stereocenters. The fourth-order valence-electron chi connectivity index (χ4n) is 2.94. The molecular weight excluding hydrogens is 255 g/mol. The van der Waals surface area contributed by atoms with Crippen LogP contribution in [0.5, 0.6) is 0 Å². The van der Waals surface area contributed by atoms with Gasteiger partial charge in [0.2, 0.25) is 0 Å². The standard InChI is InChI=1S/C16H23FN2O/c1-11(12-6-4-2-3-5-7-12)19-16(20)14-10-13(17)8-9-15(14)18/h8-12H,2-7,18H2,1H3,(H,19,20)/t11-/m0/s1. The van der Waals surface area contributed by atoms with E-state index in [1.807, 2.05) is 6.92 Å². The molecule has 1 atom stereocenters. The number of hydrogen-bond acceptors (Lipinski definition) is 2. The molecule has 1 saturated carbocycles. The molecule has 0 aliphatic heterocycles. The molecule has 1 fully saturated rings. The molecule has 0 saturated heterocycles. The molecule has 0 heterocycles. The Bertz CT molecular complexity index is 468. The fourth-order valence-corrected chi connectivity index (χ4v) is 2.94. The molecule has 1 aromatic carbocycles. The summed E-state index contributed by atoms with van der Waals surface area (Å²) in [5.41, 5.74) is 6.29. The lowest BCUT2D eigenvalue weighted by molar-refractivity contribution is 0.0924. The number of hydrogen-bond donors (Lipinski definition) is 2. The van der Waals surface area contributed by atoms with Gasteiger partial charge in [0.1, 0.15) is 5.82 Å². The zero-order chi connectivity index (χ0) is 14.5. The van der Waals surface area contributed by atoms with Crippen molar-refractivity contribution in [2.75, 3.05) is 5.73 Å². The molecule has 110 valence electrons. The van der Waals surface area contributed by atoms with Crippen LogP contribution in [0.25, 0.3) is 0 Å². The fraction of sp³-hybridized carbons (Fsp3) is 0.562. The van der Waals surface area contributed by atoms with Crippen LogP contribution in [0.2, 0.25) is 0 Å². The molecule has 1 aromatic rings. The number of carbonyl (C=O) groups is 1. The minimum atomic E-state index is -0.438. The van der Waals surface area contributed by atoms with E-state index < -0.39 is 5.82 Å². The first-order valence-corrected chi connectivity index (χ1v) is 7.44. The Kier molecular flexibility index (Phi) is 4.99. The number of nitrogens with one attached hydrogen (secondary N) is 1. The van der Waals surface area contributed by atoms with Gasteiger partial charge in [0.25, 0.3) is 5.91 Å². The Morgan fingerprint density at radius 2 is 1.95 bits per heavy atom. The van der Waals surface area contributed by atoms with Crippen molar-refractivity contribution in [3.05, 3.63) is 29.6 Å². The second kappa shape index (κ2) is 6.73. The Morgan fingerprint density at radius 1 is 1.30 bits per heavy atom. The molecule has 20 heavy (non-hydrogen) atoms. The topological polar surface area (TPSA) is 55.1 Å². The van der Waals surface area contributed by atoms with Gasteiger partial charge in [0.05, 0.1) is 5.56 Å². The van der Waals surface area contributed by atoms with Crippen molar-refractivity contribution in [3.8, 4) is 0 Å². The molecule has 0 aromatic heterocycles. The Hall–Kier alpha value is -1.58. The van der Waals surface area contributed by atoms with E-state index in [4.69, 9.17) is 5.73 Å². The Morgan fingerprint density at radius 3 is 2.60 bits per heavy atom. The normalized spacial score (nSPS) is 18.3. The summed E-state index contributed by atoms with van der Waals surface area (Å²) in [4.78, 5) is 12.2. The van der Waals surface area contributed by atoms with Crippen LogP contribution < -0.4 is 11.1 Å². The first-order chi connectivity index (χ1) is 9.58. The number of halogens is 1. The van der Waals surface area contributed by atoms with Gasteiger partial charge in [-0.1, -0.05) is 25.7 Å². The van der Waals surface area contributed by atoms with Crippen molar-refractivity contribution in [1.29, 1.82) is 0 Å². The third kappa shape index (κ3) is 3.71. The van der Waals surface area contributed by atoms with Crippen LogP contribution in [0, 0.1) is 11.7 Å². The van der Waals surface area contributed by atoms with E-state index in [1.165, 1.54) is 43.9 Å². The van der Waals surface area contributed by atoms with Crippen molar-refractivity contribution >= 4 is 11.6 Å². The van der Waals surface area contributed by atoms with E-state index in [9.17, 15) is 9.18 Å². The lowest BCUT2D eigenvalue weighted by Gasteiger charge is -2.23. The maximum Gasteiger partial charge on any atom is 0.253 e. The highest BCUT2D eigenvalue weighted by Crippen LogP contribution is 2.25. The summed E-state index contributed by atoms with van der Waals surface area (Å²) in [6, 6.07) is 3.99. The van der Waals surface area contributed by atoms with Gasteiger partial charge in [-0.2, -0.15) is 0 Å². The molecule has 1 amide bonds. The summed E-state index contributed by atoms with van der Waals surface area (Å²) in [5.74, 6) is -0.207. The first-order valence-electron chi connectivity index (χ1n) is 7.44. The number of rotatable bonds is 3. The smallest absolute Gasteiger partial charge is 0.253 e. The SMILES string of the molecule is C[C@H](NC(=O)c1cc(F)ccc1N)C1CCCCCC1. The van der Waals surface area contributed by atoms with Crippen LogP contribution in [-0.4, -0.2) is 11.9 Å². The zero-order valence-electron chi connectivity index (χ0n) is 12.0. The summed E-state index contributed by atoms with van der Waals surface area (Å²) < 4.78 is 13.2. The molecule has 3 nitrogen and oxygen atoms in total. The zero-order valence-corrected chi connectivity index (χ0v) is 12.0. The summed E-state index contributed by atoms with van der Waals surface area (Å²) in [6.07, 6.45) is 7.34. The average Bonchev–Trinajstić information content (AvgIpc) is 2.70. The molecule has 1 aliphatic carbocycles. The van der Waals surface area contributed by atoms with Gasteiger partial charge in [-0.3, -0.25) is 4.79 Å². The number of nitrogen functional groups attached to an aromatic ring is 1. The molecular formula is C16H23FN2O. The van der Waals surface area contributed by atoms with Crippen LogP contribution in [0.4, 0.5) is 10.1 Å². The number of amides is 1. The van der Waals surface area contributed by atoms with Gasteiger partial charge in [0, 0.05) is 11.7 Å². The second-order valence-electron chi connectivity index (χ2n) is 5.75. The molecule has 0 spiro atoms. The van der Waals surface area contributed by atoms with Crippen LogP contribution >= 0.6 is 0 Å². The highest BCUT2D eigenvalue weighted by Gasteiger charge is 2.21. The summed E-state index contributed by atoms with van der Waals surface area (Å²) >= 11 is 0. The van der Waals surface area contributed by atoms with E-state index in [0.717, 1.165) is 12.8 Å². The molecule has 2 rings (SSSR count). The van der Waals surface area contributed by atoms with Gasteiger partial charge in [-0.25, -0.2) is 4.39 Å². The number of benzene rings is 1. The third-order valence-electron chi connectivity index (χ3n) is 4.23. The summed E-state index contributed by atoms with van der Waals surface area (Å²) in [5, 5.41) is 2.98. The summed E-state index contributed by atoms with van der Waals surface area (Å²) in [7, 11) is 0. The highest BCUT2D eigenvalue weighted by atomic mass is 19.1. The molecule has 0 bridgehead atoms. The van der Waals surface area contributed by atoms with Crippen molar-refractivity contribution < 1.29 is 9.18 Å². The average molecular weight is 278 g/mol. The van der Waals surface area contributed by atoms with Gasteiger partial charge >= 0.3 is 0 Å². The first kappa shape index (κ1) is 14.8. The van der Waals surface area contributed by atoms with Gasteiger partial charge in [0.15, 0.2) is 0 Å².